The van der Waals surface area contributed by atoms with Gasteiger partial charge in [-0.1, -0.05) is 24.3 Å². The van der Waals surface area contributed by atoms with Crippen molar-refractivity contribution in [2.75, 3.05) is 26.3 Å². The first-order valence-electron chi connectivity index (χ1n) is 9.27. The van der Waals surface area contributed by atoms with Crippen molar-refractivity contribution in [2.24, 2.45) is 0 Å². The Labute approximate surface area is 166 Å². The summed E-state index contributed by atoms with van der Waals surface area (Å²) in [5, 5.41) is 5.31. The molecule has 0 atom stereocenters. The van der Waals surface area contributed by atoms with Crippen LogP contribution in [0.4, 0.5) is 0 Å². The minimum Gasteiger partial charge on any atom is -0.379 e. The Balaban J connectivity index is 1.39. The molecule has 1 amide bonds. The number of morpholine rings is 1. The summed E-state index contributed by atoms with van der Waals surface area (Å²) >= 11 is 1.42. The second-order valence-electron chi connectivity index (χ2n) is 6.75. The maximum atomic E-state index is 12.4. The fraction of sp³-hybridized carbons (Fsp3) is 0.350. The van der Waals surface area contributed by atoms with Crippen LogP contribution < -0.4 is 10.9 Å². The number of thiophene rings is 1. The first-order chi connectivity index (χ1) is 13.7. The van der Waals surface area contributed by atoms with E-state index in [1.165, 1.54) is 27.8 Å². The summed E-state index contributed by atoms with van der Waals surface area (Å²) in [6.45, 7) is 4.59. The van der Waals surface area contributed by atoms with E-state index in [4.69, 9.17) is 4.74 Å². The molecule has 146 valence electrons. The Hall–Kier alpha value is -2.55. The fourth-order valence-electron chi connectivity index (χ4n) is 3.29. The third-order valence-electron chi connectivity index (χ3n) is 4.86. The summed E-state index contributed by atoms with van der Waals surface area (Å²) < 4.78 is 6.75. The maximum Gasteiger partial charge on any atom is 0.262 e. The molecule has 28 heavy (non-hydrogen) atoms. The molecule has 1 saturated heterocycles. The lowest BCUT2D eigenvalue weighted by molar-refractivity contribution is -0.121. The summed E-state index contributed by atoms with van der Waals surface area (Å²) in [4.78, 5) is 32.1. The van der Waals surface area contributed by atoms with Crippen molar-refractivity contribution in [3.63, 3.8) is 0 Å². The highest BCUT2D eigenvalue weighted by atomic mass is 32.1. The van der Waals surface area contributed by atoms with Crippen molar-refractivity contribution in [3.05, 3.63) is 63.5 Å². The minimum atomic E-state index is -0.209. The molecule has 0 aliphatic carbocycles. The van der Waals surface area contributed by atoms with Crippen LogP contribution in [0.5, 0.6) is 0 Å². The van der Waals surface area contributed by atoms with Gasteiger partial charge in [0.1, 0.15) is 11.4 Å². The molecular weight excluding hydrogens is 376 g/mol. The van der Waals surface area contributed by atoms with Gasteiger partial charge in [-0.2, -0.15) is 0 Å². The normalized spacial score (nSPS) is 15.0. The predicted molar refractivity (Wildman–Crippen MR) is 108 cm³/mol. The molecule has 4 rings (SSSR count). The van der Waals surface area contributed by atoms with Gasteiger partial charge in [0.2, 0.25) is 5.91 Å². The van der Waals surface area contributed by atoms with Crippen LogP contribution in [0.3, 0.4) is 0 Å². The van der Waals surface area contributed by atoms with Gasteiger partial charge in [0.25, 0.3) is 5.56 Å². The number of carbonyl (C=O) groups is 1. The minimum absolute atomic E-state index is 0.0384. The lowest BCUT2D eigenvalue weighted by atomic mass is 10.1. The van der Waals surface area contributed by atoms with E-state index >= 15 is 0 Å². The van der Waals surface area contributed by atoms with Gasteiger partial charge in [0.05, 0.1) is 24.9 Å². The Kier molecular flexibility index (Phi) is 5.80. The van der Waals surface area contributed by atoms with Gasteiger partial charge in [0.15, 0.2) is 0 Å². The Morgan fingerprint density at radius 3 is 2.79 bits per heavy atom. The number of ether oxygens (including phenoxy) is 1. The average Bonchev–Trinajstić information content (AvgIpc) is 3.20. The summed E-state index contributed by atoms with van der Waals surface area (Å²) in [7, 11) is 0. The van der Waals surface area contributed by atoms with Crippen molar-refractivity contribution in [1.29, 1.82) is 0 Å². The first-order valence-corrected chi connectivity index (χ1v) is 10.1. The monoisotopic (exact) mass is 398 g/mol. The smallest absolute Gasteiger partial charge is 0.262 e. The number of aromatic nitrogens is 2. The highest BCUT2D eigenvalue weighted by Crippen LogP contribution is 2.14. The van der Waals surface area contributed by atoms with E-state index in [2.05, 4.69) is 21.3 Å². The van der Waals surface area contributed by atoms with E-state index in [1.807, 2.05) is 23.6 Å². The summed E-state index contributed by atoms with van der Waals surface area (Å²) in [6.07, 6.45) is 1.44. The molecule has 0 bridgehead atoms. The maximum absolute atomic E-state index is 12.4. The Bertz CT molecular complexity index is 1020. The standard InChI is InChI=1S/C20H22N4O3S/c25-18(13-24-14-22-19-17(20(24)26)5-10-28-19)21-11-15-3-1-2-4-16(15)12-23-6-8-27-9-7-23/h1-5,10,14H,6-9,11-13H2,(H,21,25). The van der Waals surface area contributed by atoms with Crippen LogP contribution in [0, 0.1) is 0 Å². The molecule has 0 spiro atoms. The van der Waals surface area contributed by atoms with Crippen molar-refractivity contribution >= 4 is 27.5 Å². The van der Waals surface area contributed by atoms with Gasteiger partial charge in [-0.3, -0.25) is 19.1 Å². The van der Waals surface area contributed by atoms with Crippen LogP contribution in [0.25, 0.3) is 10.2 Å². The van der Waals surface area contributed by atoms with Crippen molar-refractivity contribution in [2.45, 2.75) is 19.6 Å². The van der Waals surface area contributed by atoms with Crippen LogP contribution >= 0.6 is 11.3 Å². The molecule has 1 aliphatic heterocycles. The molecular formula is C20H22N4O3S. The molecule has 2 aromatic heterocycles. The lowest BCUT2D eigenvalue weighted by Gasteiger charge is -2.27. The zero-order valence-electron chi connectivity index (χ0n) is 15.5. The van der Waals surface area contributed by atoms with E-state index in [-0.39, 0.29) is 18.0 Å². The zero-order valence-corrected chi connectivity index (χ0v) is 16.3. The summed E-state index contributed by atoms with van der Waals surface area (Å²) in [6, 6.07) is 9.86. The van der Waals surface area contributed by atoms with Crippen LogP contribution in [-0.4, -0.2) is 46.7 Å². The second kappa shape index (κ2) is 8.64. The zero-order chi connectivity index (χ0) is 19.3. The van der Waals surface area contributed by atoms with E-state index < -0.39 is 0 Å². The van der Waals surface area contributed by atoms with Gasteiger partial charge in [-0.05, 0) is 22.6 Å². The van der Waals surface area contributed by atoms with Gasteiger partial charge in [-0.25, -0.2) is 4.98 Å². The predicted octanol–water partition coefficient (Wildman–Crippen LogP) is 1.61. The van der Waals surface area contributed by atoms with Crippen LogP contribution in [0.2, 0.25) is 0 Å². The molecule has 1 aliphatic rings. The largest absolute Gasteiger partial charge is 0.379 e. The molecule has 1 N–H and O–H groups in total. The van der Waals surface area contributed by atoms with Crippen LogP contribution in [0.15, 0.2) is 46.8 Å². The number of carbonyl (C=O) groups excluding carboxylic acids is 1. The molecule has 1 aromatic carbocycles. The number of fused-ring (bicyclic) bond motifs is 1. The highest BCUT2D eigenvalue weighted by Gasteiger charge is 2.13. The lowest BCUT2D eigenvalue weighted by Crippen LogP contribution is -2.36. The molecule has 0 unspecified atom stereocenters. The molecule has 7 nitrogen and oxygen atoms in total. The van der Waals surface area contributed by atoms with Gasteiger partial charge in [-0.15, -0.1) is 11.3 Å². The third kappa shape index (κ3) is 4.30. The van der Waals surface area contributed by atoms with E-state index in [9.17, 15) is 9.59 Å². The molecule has 0 radical (unpaired) electrons. The fourth-order valence-corrected chi connectivity index (χ4v) is 4.02. The number of rotatable bonds is 6. The number of hydrogen-bond donors (Lipinski definition) is 1. The van der Waals surface area contributed by atoms with Crippen molar-refractivity contribution in [1.82, 2.24) is 19.8 Å². The molecule has 3 heterocycles. The Morgan fingerprint density at radius 2 is 1.96 bits per heavy atom. The average molecular weight is 398 g/mol. The quantitative estimate of drug-likeness (QED) is 0.683. The third-order valence-corrected chi connectivity index (χ3v) is 5.68. The second-order valence-corrected chi connectivity index (χ2v) is 7.65. The molecule has 8 heteroatoms. The van der Waals surface area contributed by atoms with Crippen LogP contribution in [0.1, 0.15) is 11.1 Å². The number of hydrogen-bond acceptors (Lipinski definition) is 6. The van der Waals surface area contributed by atoms with Crippen molar-refractivity contribution < 1.29 is 9.53 Å². The SMILES string of the molecule is O=C(Cn1cnc2sccc2c1=O)NCc1ccccc1CN1CCOCC1. The Morgan fingerprint density at radius 1 is 1.18 bits per heavy atom. The van der Waals surface area contributed by atoms with Gasteiger partial charge < -0.3 is 10.1 Å². The van der Waals surface area contributed by atoms with Crippen LogP contribution in [-0.2, 0) is 29.2 Å². The van der Waals surface area contributed by atoms with E-state index in [0.29, 0.717) is 16.8 Å². The highest BCUT2D eigenvalue weighted by molar-refractivity contribution is 7.16. The summed E-state index contributed by atoms with van der Waals surface area (Å²) in [5.74, 6) is -0.209. The van der Waals surface area contributed by atoms with Gasteiger partial charge in [0, 0.05) is 26.2 Å². The summed E-state index contributed by atoms with van der Waals surface area (Å²) in [5.41, 5.74) is 2.10. The van der Waals surface area contributed by atoms with Gasteiger partial charge >= 0.3 is 0 Å². The first kappa shape index (κ1) is 18.8. The van der Waals surface area contributed by atoms with E-state index in [0.717, 1.165) is 38.4 Å². The molecule has 1 fully saturated rings. The van der Waals surface area contributed by atoms with E-state index in [1.54, 1.807) is 6.07 Å². The number of nitrogens with one attached hydrogen (secondary N) is 1. The molecule has 3 aromatic rings. The number of nitrogens with zero attached hydrogens (tertiary/aromatic N) is 3. The number of amides is 1. The molecule has 0 saturated carbocycles. The van der Waals surface area contributed by atoms with Crippen molar-refractivity contribution in [3.8, 4) is 0 Å². The topological polar surface area (TPSA) is 76.5 Å². The number of benzene rings is 1.